The Labute approximate surface area is 155 Å². The number of hydrogen-bond donors (Lipinski definition) is 2. The molecule has 1 heterocycles. The molecule has 0 saturated heterocycles. The van der Waals surface area contributed by atoms with Gasteiger partial charge in [-0.3, -0.25) is 9.59 Å². The first-order valence-electron chi connectivity index (χ1n) is 8.60. The van der Waals surface area contributed by atoms with Crippen molar-refractivity contribution in [3.05, 3.63) is 53.6 Å². The molecule has 2 aliphatic rings. The normalized spacial score (nSPS) is 15.5. The first-order valence-corrected chi connectivity index (χ1v) is 8.60. The minimum Gasteiger partial charge on any atom is -0.454 e. The van der Waals surface area contributed by atoms with Crippen molar-refractivity contribution in [3.8, 4) is 17.6 Å². The summed E-state index contributed by atoms with van der Waals surface area (Å²) in [7, 11) is 0. The minimum absolute atomic E-state index is 0.193. The number of anilines is 1. The largest absolute Gasteiger partial charge is 0.454 e. The fourth-order valence-corrected chi connectivity index (χ4v) is 3.02. The molecule has 1 aliphatic carbocycles. The molecule has 1 fully saturated rings. The van der Waals surface area contributed by atoms with Crippen LogP contribution in [0.2, 0.25) is 0 Å². The number of fused-ring (bicyclic) bond motifs is 1. The second-order valence-electron chi connectivity index (χ2n) is 6.56. The van der Waals surface area contributed by atoms with Crippen LogP contribution in [0.4, 0.5) is 5.69 Å². The van der Waals surface area contributed by atoms with Gasteiger partial charge in [-0.2, -0.15) is 5.26 Å². The summed E-state index contributed by atoms with van der Waals surface area (Å²) in [6.45, 7) is 0.484. The Morgan fingerprint density at radius 1 is 1.07 bits per heavy atom. The zero-order valence-corrected chi connectivity index (χ0v) is 14.5. The average Bonchev–Trinajstić information content (AvgIpc) is 3.38. The van der Waals surface area contributed by atoms with Crippen LogP contribution in [0, 0.1) is 16.7 Å². The molecular weight excluding hydrogens is 346 g/mol. The summed E-state index contributed by atoms with van der Waals surface area (Å²) in [6, 6.07) is 14.2. The van der Waals surface area contributed by atoms with E-state index in [0.717, 1.165) is 5.56 Å². The first kappa shape index (κ1) is 16.9. The van der Waals surface area contributed by atoms with E-state index < -0.39 is 5.41 Å². The maximum Gasteiger partial charge on any atom is 0.240 e. The van der Waals surface area contributed by atoms with E-state index in [0.29, 0.717) is 42.1 Å². The monoisotopic (exact) mass is 363 g/mol. The van der Waals surface area contributed by atoms with Gasteiger partial charge in [0.25, 0.3) is 0 Å². The fourth-order valence-electron chi connectivity index (χ4n) is 3.02. The molecule has 136 valence electrons. The molecule has 7 heteroatoms. The average molecular weight is 363 g/mol. The first-order chi connectivity index (χ1) is 13.1. The van der Waals surface area contributed by atoms with Crippen molar-refractivity contribution in [1.82, 2.24) is 5.32 Å². The van der Waals surface area contributed by atoms with Crippen molar-refractivity contribution in [2.45, 2.75) is 19.4 Å². The standard InChI is InChI=1S/C20H17N3O4/c21-10-14-3-1-2-4-15(14)23-19(25)20(7-8-20)18(24)22-11-13-5-6-16-17(9-13)27-12-26-16/h1-6,9H,7-8,11-12H2,(H,22,24)(H,23,25). The van der Waals surface area contributed by atoms with Crippen molar-refractivity contribution in [3.63, 3.8) is 0 Å². The number of nitriles is 1. The molecule has 2 aromatic carbocycles. The second kappa shape index (κ2) is 6.65. The number of amides is 2. The van der Waals surface area contributed by atoms with Crippen LogP contribution in [0.15, 0.2) is 42.5 Å². The van der Waals surface area contributed by atoms with Crippen LogP contribution in [-0.4, -0.2) is 18.6 Å². The quantitative estimate of drug-likeness (QED) is 0.794. The molecule has 0 spiro atoms. The summed E-state index contributed by atoms with van der Waals surface area (Å²) in [5.41, 5.74) is 0.569. The van der Waals surface area contributed by atoms with E-state index >= 15 is 0 Å². The molecule has 0 atom stereocenters. The SMILES string of the molecule is N#Cc1ccccc1NC(=O)C1(C(=O)NCc2ccc3c(c2)OCO3)CC1. The van der Waals surface area contributed by atoms with Gasteiger partial charge in [-0.15, -0.1) is 0 Å². The zero-order chi connectivity index (χ0) is 18.9. The second-order valence-corrected chi connectivity index (χ2v) is 6.56. The van der Waals surface area contributed by atoms with E-state index in [9.17, 15) is 9.59 Å². The molecule has 2 amide bonds. The lowest BCUT2D eigenvalue weighted by Crippen LogP contribution is -2.39. The molecule has 7 nitrogen and oxygen atoms in total. The lowest BCUT2D eigenvalue weighted by molar-refractivity contribution is -0.134. The number of rotatable bonds is 5. The summed E-state index contributed by atoms with van der Waals surface area (Å²) >= 11 is 0. The Balaban J connectivity index is 1.41. The number of nitrogens with one attached hydrogen (secondary N) is 2. The number of carbonyl (C=O) groups is 2. The number of nitrogens with zero attached hydrogens (tertiary/aromatic N) is 1. The molecule has 0 aromatic heterocycles. The lowest BCUT2D eigenvalue weighted by atomic mass is 10.0. The Morgan fingerprint density at radius 3 is 2.63 bits per heavy atom. The van der Waals surface area contributed by atoms with Crippen LogP contribution < -0.4 is 20.1 Å². The van der Waals surface area contributed by atoms with Crippen LogP contribution in [0.3, 0.4) is 0 Å². The van der Waals surface area contributed by atoms with E-state index in [-0.39, 0.29) is 18.6 Å². The van der Waals surface area contributed by atoms with Gasteiger partial charge in [-0.05, 0) is 42.7 Å². The molecule has 4 rings (SSSR count). The molecular formula is C20H17N3O4. The highest BCUT2D eigenvalue weighted by Gasteiger charge is 2.56. The van der Waals surface area contributed by atoms with Gasteiger partial charge in [-0.1, -0.05) is 18.2 Å². The van der Waals surface area contributed by atoms with Crippen molar-refractivity contribution in [2.24, 2.45) is 5.41 Å². The van der Waals surface area contributed by atoms with Crippen LogP contribution in [-0.2, 0) is 16.1 Å². The van der Waals surface area contributed by atoms with E-state index in [4.69, 9.17) is 14.7 Å². The van der Waals surface area contributed by atoms with Gasteiger partial charge in [0.05, 0.1) is 11.3 Å². The van der Waals surface area contributed by atoms with Gasteiger partial charge in [-0.25, -0.2) is 0 Å². The van der Waals surface area contributed by atoms with Crippen LogP contribution in [0.1, 0.15) is 24.0 Å². The minimum atomic E-state index is -1.07. The molecule has 1 aliphatic heterocycles. The topological polar surface area (TPSA) is 100 Å². The third-order valence-electron chi connectivity index (χ3n) is 4.81. The fraction of sp³-hybridized carbons (Fsp3) is 0.250. The van der Waals surface area contributed by atoms with E-state index in [1.165, 1.54) is 0 Å². The van der Waals surface area contributed by atoms with Crippen LogP contribution >= 0.6 is 0 Å². The van der Waals surface area contributed by atoms with E-state index in [1.54, 1.807) is 30.3 Å². The maximum absolute atomic E-state index is 12.7. The Bertz CT molecular complexity index is 960. The highest BCUT2D eigenvalue weighted by atomic mass is 16.7. The Hall–Kier alpha value is -3.53. The highest BCUT2D eigenvalue weighted by molar-refractivity contribution is 6.13. The van der Waals surface area contributed by atoms with Gasteiger partial charge in [0.2, 0.25) is 18.6 Å². The Morgan fingerprint density at radius 2 is 1.85 bits per heavy atom. The van der Waals surface area contributed by atoms with Crippen LogP contribution in [0.5, 0.6) is 11.5 Å². The number of benzene rings is 2. The molecule has 1 saturated carbocycles. The van der Waals surface area contributed by atoms with Gasteiger partial charge in [0.15, 0.2) is 11.5 Å². The van der Waals surface area contributed by atoms with Gasteiger partial charge in [0.1, 0.15) is 11.5 Å². The lowest BCUT2D eigenvalue weighted by Gasteiger charge is -2.16. The summed E-state index contributed by atoms with van der Waals surface area (Å²) in [5.74, 6) is 0.633. The summed E-state index contributed by atoms with van der Waals surface area (Å²) in [4.78, 5) is 25.3. The van der Waals surface area contributed by atoms with Crippen molar-refractivity contribution in [1.29, 1.82) is 5.26 Å². The molecule has 2 aromatic rings. The molecule has 27 heavy (non-hydrogen) atoms. The van der Waals surface area contributed by atoms with E-state index in [1.807, 2.05) is 18.2 Å². The van der Waals surface area contributed by atoms with Crippen LogP contribution in [0.25, 0.3) is 0 Å². The number of carbonyl (C=O) groups excluding carboxylic acids is 2. The van der Waals surface area contributed by atoms with Crippen molar-refractivity contribution >= 4 is 17.5 Å². The number of hydrogen-bond acceptors (Lipinski definition) is 5. The van der Waals surface area contributed by atoms with Crippen molar-refractivity contribution < 1.29 is 19.1 Å². The highest BCUT2D eigenvalue weighted by Crippen LogP contribution is 2.47. The zero-order valence-electron chi connectivity index (χ0n) is 14.5. The van der Waals surface area contributed by atoms with Crippen molar-refractivity contribution in [2.75, 3.05) is 12.1 Å². The molecule has 0 unspecified atom stereocenters. The van der Waals surface area contributed by atoms with Gasteiger partial charge >= 0.3 is 0 Å². The smallest absolute Gasteiger partial charge is 0.240 e. The molecule has 0 bridgehead atoms. The molecule has 0 radical (unpaired) electrons. The molecule has 2 N–H and O–H groups in total. The summed E-state index contributed by atoms with van der Waals surface area (Å²) in [5, 5.41) is 14.7. The van der Waals surface area contributed by atoms with Gasteiger partial charge < -0.3 is 20.1 Å². The predicted octanol–water partition coefficient (Wildman–Crippen LogP) is 2.32. The third kappa shape index (κ3) is 3.17. The summed E-state index contributed by atoms with van der Waals surface area (Å²) in [6.07, 6.45) is 0.973. The number of para-hydroxylation sites is 1. The predicted molar refractivity (Wildman–Crippen MR) is 95.9 cm³/mol. The third-order valence-corrected chi connectivity index (χ3v) is 4.81. The van der Waals surface area contributed by atoms with Gasteiger partial charge in [0, 0.05) is 6.54 Å². The summed E-state index contributed by atoms with van der Waals surface area (Å²) < 4.78 is 10.6. The number of ether oxygens (including phenoxy) is 2. The van der Waals surface area contributed by atoms with E-state index in [2.05, 4.69) is 10.6 Å². The maximum atomic E-state index is 12.7. The Kier molecular flexibility index (Phi) is 4.16.